The normalized spacial score (nSPS) is 19.4. The maximum Gasteiger partial charge on any atom is 0.290 e. The Labute approximate surface area is 118 Å². The molecule has 1 aliphatic heterocycles. The molecular formula is C12H13BrN2O2S. The first-order valence-corrected chi connectivity index (χ1v) is 7.53. The van der Waals surface area contributed by atoms with Crippen LogP contribution in [0.1, 0.15) is 5.56 Å². The zero-order chi connectivity index (χ0) is 13.1. The van der Waals surface area contributed by atoms with E-state index in [4.69, 9.17) is 0 Å². The number of aryl methyl sites for hydroxylation is 1. The van der Waals surface area contributed by atoms with E-state index in [1.54, 1.807) is 0 Å². The van der Waals surface area contributed by atoms with Gasteiger partial charge in [0.25, 0.3) is 11.1 Å². The molecule has 2 amide bonds. The molecule has 0 aromatic heterocycles. The van der Waals surface area contributed by atoms with Crippen molar-refractivity contribution in [1.82, 2.24) is 4.90 Å². The number of thioether (sulfide) groups is 1. The van der Waals surface area contributed by atoms with Crippen molar-refractivity contribution in [2.45, 2.75) is 12.3 Å². The minimum absolute atomic E-state index is 0.173. The number of amides is 2. The van der Waals surface area contributed by atoms with Crippen LogP contribution in [0.5, 0.6) is 0 Å². The van der Waals surface area contributed by atoms with Gasteiger partial charge >= 0.3 is 0 Å². The standard InChI is InChI=1S/C12H13BrN2O2S/c1-8-4-2-3-5-9(8)14-10-11(16)15(7-6-13)12(17)18-10/h2-5,10,14H,6-7H2,1H3/t10-/m0/s1. The lowest BCUT2D eigenvalue weighted by molar-refractivity contribution is -0.125. The fourth-order valence-corrected chi connectivity index (χ4v) is 2.98. The Hall–Kier alpha value is -1.01. The average molecular weight is 329 g/mol. The van der Waals surface area contributed by atoms with Gasteiger partial charge in [-0.3, -0.25) is 14.5 Å². The van der Waals surface area contributed by atoms with E-state index in [0.29, 0.717) is 11.9 Å². The molecule has 0 spiro atoms. The maximum atomic E-state index is 12.0. The number of nitrogens with zero attached hydrogens (tertiary/aromatic N) is 1. The van der Waals surface area contributed by atoms with Crippen LogP contribution in [0.3, 0.4) is 0 Å². The molecule has 1 atom stereocenters. The summed E-state index contributed by atoms with van der Waals surface area (Å²) in [5.41, 5.74) is 1.94. The van der Waals surface area contributed by atoms with Gasteiger partial charge in [0.05, 0.1) is 0 Å². The van der Waals surface area contributed by atoms with Crippen molar-refractivity contribution in [3.05, 3.63) is 29.8 Å². The largest absolute Gasteiger partial charge is 0.365 e. The third-order valence-corrected chi connectivity index (χ3v) is 4.00. The van der Waals surface area contributed by atoms with E-state index in [-0.39, 0.29) is 11.1 Å². The number of imide groups is 1. The highest BCUT2D eigenvalue weighted by molar-refractivity contribution is 9.09. The quantitative estimate of drug-likeness (QED) is 0.863. The van der Waals surface area contributed by atoms with E-state index in [9.17, 15) is 9.59 Å². The van der Waals surface area contributed by atoms with Crippen LogP contribution >= 0.6 is 27.7 Å². The summed E-state index contributed by atoms with van der Waals surface area (Å²) in [6.07, 6.45) is 0. The number of halogens is 1. The number of nitrogens with one attached hydrogen (secondary N) is 1. The number of carbonyl (C=O) groups is 2. The monoisotopic (exact) mass is 328 g/mol. The fraction of sp³-hybridized carbons (Fsp3) is 0.333. The summed E-state index contributed by atoms with van der Waals surface area (Å²) in [5, 5.41) is 3.01. The molecule has 0 saturated carbocycles. The van der Waals surface area contributed by atoms with Crippen LogP contribution in [0.2, 0.25) is 0 Å². The third kappa shape index (κ3) is 2.70. The molecule has 0 bridgehead atoms. The van der Waals surface area contributed by atoms with E-state index < -0.39 is 5.37 Å². The molecule has 0 radical (unpaired) electrons. The first-order chi connectivity index (χ1) is 8.63. The number of hydrogen-bond donors (Lipinski definition) is 1. The average Bonchev–Trinajstić information content (AvgIpc) is 2.60. The van der Waals surface area contributed by atoms with Gasteiger partial charge in [-0.25, -0.2) is 0 Å². The van der Waals surface area contributed by atoms with Crippen molar-refractivity contribution >= 4 is 44.5 Å². The van der Waals surface area contributed by atoms with Gasteiger partial charge in [0.1, 0.15) is 0 Å². The van der Waals surface area contributed by atoms with Crippen molar-refractivity contribution in [3.63, 3.8) is 0 Å². The van der Waals surface area contributed by atoms with Gasteiger partial charge in [0, 0.05) is 17.6 Å². The first kappa shape index (κ1) is 13.4. The summed E-state index contributed by atoms with van der Waals surface area (Å²) in [4.78, 5) is 25.0. The summed E-state index contributed by atoms with van der Waals surface area (Å²) in [6.45, 7) is 2.38. The van der Waals surface area contributed by atoms with E-state index in [1.807, 2.05) is 31.2 Å². The van der Waals surface area contributed by atoms with Crippen LogP contribution in [0, 0.1) is 6.92 Å². The Bertz CT molecular complexity index is 481. The number of rotatable bonds is 4. The summed E-state index contributed by atoms with van der Waals surface area (Å²) >= 11 is 4.27. The molecule has 2 rings (SSSR count). The second kappa shape index (κ2) is 5.75. The summed E-state index contributed by atoms with van der Waals surface area (Å²) < 4.78 is 0. The molecule has 1 aromatic carbocycles. The SMILES string of the molecule is Cc1ccccc1N[C@H]1SC(=O)N(CCBr)C1=O. The second-order valence-corrected chi connectivity index (χ2v) is 5.75. The van der Waals surface area contributed by atoms with Crippen molar-refractivity contribution < 1.29 is 9.59 Å². The van der Waals surface area contributed by atoms with Crippen LogP contribution in [-0.4, -0.2) is 33.3 Å². The van der Waals surface area contributed by atoms with Crippen molar-refractivity contribution in [1.29, 1.82) is 0 Å². The molecule has 18 heavy (non-hydrogen) atoms. The molecule has 0 aliphatic carbocycles. The molecule has 0 unspecified atom stereocenters. The highest BCUT2D eigenvalue weighted by atomic mass is 79.9. The van der Waals surface area contributed by atoms with Crippen LogP contribution in [0.4, 0.5) is 10.5 Å². The molecule has 1 heterocycles. The molecule has 1 aliphatic rings. The number of hydrogen-bond acceptors (Lipinski definition) is 4. The summed E-state index contributed by atoms with van der Waals surface area (Å²) in [6, 6.07) is 7.70. The highest BCUT2D eigenvalue weighted by Crippen LogP contribution is 2.29. The number of para-hydroxylation sites is 1. The fourth-order valence-electron chi connectivity index (χ4n) is 1.70. The van der Waals surface area contributed by atoms with Crippen molar-refractivity contribution in [3.8, 4) is 0 Å². The lowest BCUT2D eigenvalue weighted by atomic mass is 10.2. The molecule has 1 fully saturated rings. The zero-order valence-electron chi connectivity index (χ0n) is 9.85. The Morgan fingerprint density at radius 3 is 2.78 bits per heavy atom. The summed E-state index contributed by atoms with van der Waals surface area (Å²) in [5.74, 6) is -0.173. The Morgan fingerprint density at radius 1 is 1.39 bits per heavy atom. The maximum absolute atomic E-state index is 12.0. The third-order valence-electron chi connectivity index (χ3n) is 2.67. The van der Waals surface area contributed by atoms with Gasteiger partial charge in [-0.15, -0.1) is 0 Å². The van der Waals surface area contributed by atoms with Crippen LogP contribution in [0.15, 0.2) is 24.3 Å². The Morgan fingerprint density at radius 2 is 2.11 bits per heavy atom. The smallest absolute Gasteiger partial charge is 0.290 e. The van der Waals surface area contributed by atoms with E-state index in [2.05, 4.69) is 21.2 Å². The number of alkyl halides is 1. The van der Waals surface area contributed by atoms with Gasteiger partial charge in [0.15, 0.2) is 5.37 Å². The molecule has 6 heteroatoms. The van der Waals surface area contributed by atoms with Crippen LogP contribution < -0.4 is 5.32 Å². The molecule has 1 N–H and O–H groups in total. The minimum atomic E-state index is -0.516. The molecular weight excluding hydrogens is 316 g/mol. The van der Waals surface area contributed by atoms with Gasteiger partial charge < -0.3 is 5.32 Å². The first-order valence-electron chi connectivity index (χ1n) is 5.53. The topological polar surface area (TPSA) is 49.4 Å². The summed E-state index contributed by atoms with van der Waals surface area (Å²) in [7, 11) is 0. The molecule has 1 aromatic rings. The van der Waals surface area contributed by atoms with Crippen molar-refractivity contribution in [2.75, 3.05) is 17.2 Å². The molecule has 4 nitrogen and oxygen atoms in total. The van der Waals surface area contributed by atoms with Gasteiger partial charge in [-0.05, 0) is 30.3 Å². The van der Waals surface area contributed by atoms with Crippen molar-refractivity contribution in [2.24, 2.45) is 0 Å². The molecule has 1 saturated heterocycles. The number of benzene rings is 1. The number of anilines is 1. The zero-order valence-corrected chi connectivity index (χ0v) is 12.3. The van der Waals surface area contributed by atoms with Gasteiger partial charge in [0.2, 0.25) is 0 Å². The van der Waals surface area contributed by atoms with E-state index in [0.717, 1.165) is 23.0 Å². The molecule has 96 valence electrons. The minimum Gasteiger partial charge on any atom is -0.365 e. The van der Waals surface area contributed by atoms with E-state index >= 15 is 0 Å². The lowest BCUT2D eigenvalue weighted by Gasteiger charge is -2.14. The van der Waals surface area contributed by atoms with Crippen LogP contribution in [-0.2, 0) is 4.79 Å². The van der Waals surface area contributed by atoms with Gasteiger partial charge in [-0.1, -0.05) is 34.1 Å². The second-order valence-electron chi connectivity index (χ2n) is 3.90. The van der Waals surface area contributed by atoms with E-state index in [1.165, 1.54) is 4.90 Å². The number of carbonyl (C=O) groups excluding carboxylic acids is 2. The lowest BCUT2D eigenvalue weighted by Crippen LogP contribution is -2.35. The predicted octanol–water partition coefficient (Wildman–Crippen LogP) is 2.82. The van der Waals surface area contributed by atoms with Crippen LogP contribution in [0.25, 0.3) is 0 Å². The van der Waals surface area contributed by atoms with Gasteiger partial charge in [-0.2, -0.15) is 0 Å². The Kier molecular flexibility index (Phi) is 4.29. The Balaban J connectivity index is 2.10. The highest BCUT2D eigenvalue weighted by Gasteiger charge is 2.39. The predicted molar refractivity (Wildman–Crippen MR) is 77.1 cm³/mol.